The molecule has 0 unspecified atom stereocenters. The number of hydrogen-bond donors (Lipinski definition) is 2. The number of phenols is 1. The zero-order chi connectivity index (χ0) is 14.3. The number of aromatic nitrogens is 1. The minimum absolute atomic E-state index is 0.00342. The first-order valence-electron chi connectivity index (χ1n) is 4.78. The Morgan fingerprint density at radius 1 is 1.21 bits per heavy atom. The summed E-state index contributed by atoms with van der Waals surface area (Å²) in [5.41, 5.74) is 0.175. The van der Waals surface area contributed by atoms with Crippen LogP contribution in [0.4, 0.5) is 0 Å². The maximum Gasteiger partial charge on any atom is 0.214 e. The van der Waals surface area contributed by atoms with Crippen molar-refractivity contribution in [2.45, 2.75) is 0 Å². The lowest BCUT2D eigenvalue weighted by molar-refractivity contribution is 0.103. The van der Waals surface area contributed by atoms with E-state index in [1.54, 1.807) is 0 Å². The summed E-state index contributed by atoms with van der Waals surface area (Å²) in [5, 5.41) is 10.4. The van der Waals surface area contributed by atoms with Crippen molar-refractivity contribution in [3.63, 3.8) is 0 Å². The number of H-pyrrole nitrogens is 1. The Bertz CT molecular complexity index is 685. The van der Waals surface area contributed by atoms with Crippen LogP contribution in [0.2, 0.25) is 15.1 Å². The summed E-state index contributed by atoms with van der Waals surface area (Å²) in [6, 6.07) is 2.68. The third-order valence-corrected chi connectivity index (χ3v) is 5.07. The van der Waals surface area contributed by atoms with Crippen LogP contribution in [0.1, 0.15) is 16.1 Å². The fourth-order valence-corrected chi connectivity index (χ4v) is 3.23. The first-order chi connectivity index (χ1) is 8.82. The molecule has 0 fully saturated rings. The van der Waals surface area contributed by atoms with Crippen LogP contribution >= 0.6 is 66.7 Å². The van der Waals surface area contributed by atoms with Crippen molar-refractivity contribution in [3.8, 4) is 5.75 Å². The fraction of sp³-hybridized carbons (Fsp3) is 0. The molecule has 0 bridgehead atoms. The highest BCUT2D eigenvalue weighted by molar-refractivity contribution is 9.11. The Hall–Kier alpha value is -0.200. The third kappa shape index (κ3) is 2.81. The van der Waals surface area contributed by atoms with Crippen molar-refractivity contribution < 1.29 is 9.90 Å². The molecule has 0 spiro atoms. The van der Waals surface area contributed by atoms with Gasteiger partial charge in [0.2, 0.25) is 5.78 Å². The summed E-state index contributed by atoms with van der Waals surface area (Å²) in [4.78, 5) is 15.1. The smallest absolute Gasteiger partial charge is 0.214 e. The van der Waals surface area contributed by atoms with E-state index in [2.05, 4.69) is 36.8 Å². The Morgan fingerprint density at radius 3 is 2.37 bits per heavy atom. The number of rotatable bonds is 2. The average Bonchev–Trinajstić information content (AvgIpc) is 2.61. The Balaban J connectivity index is 2.59. The zero-order valence-corrected chi connectivity index (χ0v) is 14.3. The van der Waals surface area contributed by atoms with Gasteiger partial charge >= 0.3 is 0 Å². The molecule has 0 atom stereocenters. The standard InChI is InChI=1S/C11H4Br2Cl3NO2/c12-6-7(16)11(13)17-8(6)10(19)4-1-3(14)2-5(15)9(4)18/h1-2,17-18H. The van der Waals surface area contributed by atoms with Crippen LogP contribution in [0, 0.1) is 0 Å². The van der Waals surface area contributed by atoms with Gasteiger partial charge in [-0.25, -0.2) is 0 Å². The molecule has 2 N–H and O–H groups in total. The molecule has 3 nitrogen and oxygen atoms in total. The molecular weight excluding hydrogens is 444 g/mol. The van der Waals surface area contributed by atoms with Crippen molar-refractivity contribution in [1.82, 2.24) is 4.98 Å². The van der Waals surface area contributed by atoms with Crippen LogP contribution in [0.25, 0.3) is 0 Å². The van der Waals surface area contributed by atoms with Gasteiger partial charge < -0.3 is 10.1 Å². The van der Waals surface area contributed by atoms with Gasteiger partial charge in [0.1, 0.15) is 16.0 Å². The summed E-state index contributed by atoms with van der Waals surface area (Å²) < 4.78 is 0.846. The number of halogens is 5. The zero-order valence-electron chi connectivity index (χ0n) is 8.90. The minimum Gasteiger partial charge on any atom is -0.506 e. The van der Waals surface area contributed by atoms with E-state index in [4.69, 9.17) is 34.8 Å². The maximum absolute atomic E-state index is 12.3. The molecule has 0 saturated heterocycles. The largest absolute Gasteiger partial charge is 0.506 e. The van der Waals surface area contributed by atoms with Gasteiger partial charge in [-0.05, 0) is 44.0 Å². The molecule has 0 saturated carbocycles. The highest BCUT2D eigenvalue weighted by Gasteiger charge is 2.23. The molecule has 2 rings (SSSR count). The Kier molecular flexibility index (Phi) is 4.52. The summed E-state index contributed by atoms with van der Waals surface area (Å²) >= 11 is 23.9. The highest BCUT2D eigenvalue weighted by atomic mass is 79.9. The second-order valence-corrected chi connectivity index (χ2v) is 6.36. The number of ketones is 1. The van der Waals surface area contributed by atoms with Crippen molar-refractivity contribution in [3.05, 3.63) is 47.5 Å². The summed E-state index contributed by atoms with van der Waals surface area (Å²) in [6.07, 6.45) is 0. The Labute approximate surface area is 140 Å². The number of aromatic amines is 1. The molecule has 1 aromatic carbocycles. The predicted molar refractivity (Wildman–Crippen MR) is 82.8 cm³/mol. The minimum atomic E-state index is -0.485. The number of hydrogen-bond acceptors (Lipinski definition) is 2. The molecule has 1 heterocycles. The van der Waals surface area contributed by atoms with Crippen molar-refractivity contribution in [2.75, 3.05) is 0 Å². The number of nitrogens with one attached hydrogen (secondary N) is 1. The van der Waals surface area contributed by atoms with Crippen molar-refractivity contribution in [2.24, 2.45) is 0 Å². The van der Waals surface area contributed by atoms with Crippen LogP contribution in [-0.2, 0) is 0 Å². The van der Waals surface area contributed by atoms with E-state index in [0.717, 1.165) is 0 Å². The van der Waals surface area contributed by atoms with Crippen LogP contribution in [0.3, 0.4) is 0 Å². The lowest BCUT2D eigenvalue weighted by Gasteiger charge is -2.05. The lowest BCUT2D eigenvalue weighted by atomic mass is 10.1. The Morgan fingerprint density at radius 2 is 1.84 bits per heavy atom. The van der Waals surface area contributed by atoms with Gasteiger partial charge in [0.05, 0.1) is 20.1 Å². The molecule has 100 valence electrons. The van der Waals surface area contributed by atoms with Crippen LogP contribution in [-0.4, -0.2) is 15.9 Å². The highest BCUT2D eigenvalue weighted by Crippen LogP contribution is 2.37. The molecule has 0 radical (unpaired) electrons. The van der Waals surface area contributed by atoms with Gasteiger partial charge in [0.25, 0.3) is 0 Å². The monoisotopic (exact) mass is 445 g/mol. The molecule has 19 heavy (non-hydrogen) atoms. The number of benzene rings is 1. The summed E-state index contributed by atoms with van der Waals surface area (Å²) in [6.45, 7) is 0. The van der Waals surface area contributed by atoms with Crippen molar-refractivity contribution >= 4 is 72.4 Å². The molecule has 2 aromatic rings. The SMILES string of the molecule is O=C(c1cc(Cl)cc(Cl)c1O)c1[nH]c(Br)c(Cl)c1Br. The van der Waals surface area contributed by atoms with Gasteiger partial charge in [-0.15, -0.1) is 0 Å². The number of carbonyl (C=O) groups excluding carboxylic acids is 1. The van der Waals surface area contributed by atoms with Crippen LogP contribution < -0.4 is 0 Å². The van der Waals surface area contributed by atoms with Gasteiger partial charge in [-0.2, -0.15) is 0 Å². The fourth-order valence-electron chi connectivity index (χ4n) is 1.46. The lowest BCUT2D eigenvalue weighted by Crippen LogP contribution is -2.03. The predicted octanol–water partition coefficient (Wildman–Crippen LogP) is 5.44. The average molecular weight is 448 g/mol. The molecule has 8 heteroatoms. The molecule has 0 aliphatic heterocycles. The molecule has 0 aliphatic rings. The van der Waals surface area contributed by atoms with Gasteiger partial charge in [0, 0.05) is 5.02 Å². The van der Waals surface area contributed by atoms with Gasteiger partial charge in [-0.1, -0.05) is 34.8 Å². The molecule has 1 aromatic heterocycles. The number of phenolic OH excluding ortho intramolecular Hbond substituents is 1. The second-order valence-electron chi connectivity index (χ2n) is 3.55. The maximum atomic E-state index is 12.3. The number of aromatic hydroxyl groups is 1. The van der Waals surface area contributed by atoms with E-state index in [1.165, 1.54) is 12.1 Å². The summed E-state index contributed by atoms with van der Waals surface area (Å²) in [7, 11) is 0. The topological polar surface area (TPSA) is 53.1 Å². The van der Waals surface area contributed by atoms with Crippen LogP contribution in [0.15, 0.2) is 21.2 Å². The number of carbonyl (C=O) groups is 1. The van der Waals surface area contributed by atoms with Crippen LogP contribution in [0.5, 0.6) is 5.75 Å². The molecule has 0 aliphatic carbocycles. The summed E-state index contributed by atoms with van der Waals surface area (Å²) in [5.74, 6) is -0.814. The van der Waals surface area contributed by atoms with Crippen molar-refractivity contribution in [1.29, 1.82) is 0 Å². The third-order valence-electron chi connectivity index (χ3n) is 2.34. The molecule has 0 amide bonds. The second kappa shape index (κ2) is 5.66. The molecular formula is C11H4Br2Cl3NO2. The first-order valence-corrected chi connectivity index (χ1v) is 7.50. The van der Waals surface area contributed by atoms with Gasteiger partial charge in [-0.3, -0.25) is 4.79 Å². The van der Waals surface area contributed by atoms with Gasteiger partial charge in [0.15, 0.2) is 0 Å². The van der Waals surface area contributed by atoms with E-state index >= 15 is 0 Å². The van der Waals surface area contributed by atoms with E-state index in [1.807, 2.05) is 0 Å². The normalized spacial score (nSPS) is 10.8. The first kappa shape index (κ1) is 15.2. The van der Waals surface area contributed by atoms with E-state index in [9.17, 15) is 9.90 Å². The van der Waals surface area contributed by atoms with E-state index in [0.29, 0.717) is 14.1 Å². The van der Waals surface area contributed by atoms with E-state index in [-0.39, 0.29) is 27.1 Å². The quantitative estimate of drug-likeness (QED) is 0.602. The van der Waals surface area contributed by atoms with E-state index < -0.39 is 5.78 Å².